The summed E-state index contributed by atoms with van der Waals surface area (Å²) in [6.45, 7) is 5.16. The maximum Gasteiger partial charge on any atom is 0.0431 e. The fraction of sp³-hybridized carbons (Fsp3) is 0.429. The molecule has 1 rings (SSSR count). The third-order valence-corrected chi connectivity index (χ3v) is 2.65. The first kappa shape index (κ1) is 13.1. The normalized spacial score (nSPS) is 12.1. The van der Waals surface area contributed by atoms with Gasteiger partial charge >= 0.3 is 0 Å². The van der Waals surface area contributed by atoms with Crippen molar-refractivity contribution >= 4 is 11.6 Å². The Bertz CT molecular complexity index is 359. The highest BCUT2D eigenvalue weighted by atomic mass is 35.5. The maximum absolute atomic E-state index is 6.05. The van der Waals surface area contributed by atoms with Crippen LogP contribution in [0.25, 0.3) is 0 Å². The molecule has 2 heteroatoms. The van der Waals surface area contributed by atoms with Gasteiger partial charge in [-0.05, 0) is 43.1 Å². The smallest absolute Gasteiger partial charge is 0.0431 e. The summed E-state index contributed by atoms with van der Waals surface area (Å²) < 4.78 is 0. The van der Waals surface area contributed by atoms with Gasteiger partial charge in [0.2, 0.25) is 0 Å². The van der Waals surface area contributed by atoms with Crippen LogP contribution in [0.2, 0.25) is 5.02 Å². The van der Waals surface area contributed by atoms with E-state index in [-0.39, 0.29) is 6.04 Å². The van der Waals surface area contributed by atoms with Crippen molar-refractivity contribution in [3.63, 3.8) is 0 Å². The highest BCUT2D eigenvalue weighted by Crippen LogP contribution is 2.22. The lowest BCUT2D eigenvalue weighted by Gasteiger charge is -2.17. The van der Waals surface area contributed by atoms with Crippen molar-refractivity contribution in [2.24, 2.45) is 0 Å². The lowest BCUT2D eigenvalue weighted by Crippen LogP contribution is -2.21. The van der Waals surface area contributed by atoms with Gasteiger partial charge in [-0.25, -0.2) is 0 Å². The van der Waals surface area contributed by atoms with E-state index in [1.165, 1.54) is 11.1 Å². The number of terminal acetylenes is 1. The summed E-state index contributed by atoms with van der Waals surface area (Å²) in [6.07, 6.45) is 7.18. The molecule has 86 valence electrons. The molecule has 0 aromatic heterocycles. The molecule has 16 heavy (non-hydrogen) atoms. The predicted molar refractivity (Wildman–Crippen MR) is 70.7 cm³/mol. The standard InChI is InChI=1S/C14H18ClN/c1-4-6-14(16-7-5-2)12-8-11(3)9-13(15)10-12/h1,8-10,14,16H,5-7H2,2-3H3. The zero-order chi connectivity index (χ0) is 12.0. The lowest BCUT2D eigenvalue weighted by atomic mass is 10.0. The molecule has 1 aromatic rings. The number of benzene rings is 1. The van der Waals surface area contributed by atoms with Crippen LogP contribution >= 0.6 is 11.6 Å². The van der Waals surface area contributed by atoms with Crippen molar-refractivity contribution in [2.45, 2.75) is 32.7 Å². The van der Waals surface area contributed by atoms with Gasteiger partial charge in [0.1, 0.15) is 0 Å². The third-order valence-electron chi connectivity index (χ3n) is 2.43. The van der Waals surface area contributed by atoms with Crippen LogP contribution < -0.4 is 5.32 Å². The summed E-state index contributed by atoms with van der Waals surface area (Å²) in [5.74, 6) is 2.71. The minimum absolute atomic E-state index is 0.211. The van der Waals surface area contributed by atoms with Crippen LogP contribution in [0.5, 0.6) is 0 Å². The van der Waals surface area contributed by atoms with Crippen molar-refractivity contribution in [2.75, 3.05) is 6.54 Å². The van der Waals surface area contributed by atoms with E-state index < -0.39 is 0 Å². The van der Waals surface area contributed by atoms with Gasteiger partial charge in [0.05, 0.1) is 0 Å². The Labute approximate surface area is 103 Å². The van der Waals surface area contributed by atoms with Gasteiger partial charge in [-0.3, -0.25) is 0 Å². The first-order valence-electron chi connectivity index (χ1n) is 5.61. The first-order valence-corrected chi connectivity index (χ1v) is 5.99. The second kappa shape index (κ2) is 6.58. The van der Waals surface area contributed by atoms with E-state index in [1.807, 2.05) is 19.1 Å². The predicted octanol–water partition coefficient (Wildman–Crippen LogP) is 3.71. The summed E-state index contributed by atoms with van der Waals surface area (Å²) in [5, 5.41) is 4.21. The Morgan fingerprint density at radius 3 is 2.75 bits per heavy atom. The fourth-order valence-corrected chi connectivity index (χ4v) is 2.01. The molecule has 0 aliphatic carbocycles. The average molecular weight is 236 g/mol. The molecule has 0 saturated heterocycles. The van der Waals surface area contributed by atoms with Crippen LogP contribution in [0.3, 0.4) is 0 Å². The molecule has 1 aromatic carbocycles. The number of rotatable bonds is 5. The molecule has 1 atom stereocenters. The molecule has 1 N–H and O–H groups in total. The molecular formula is C14H18ClN. The number of aryl methyl sites for hydroxylation is 1. The van der Waals surface area contributed by atoms with Crippen LogP contribution in [-0.2, 0) is 0 Å². The van der Waals surface area contributed by atoms with Gasteiger partial charge in [0.15, 0.2) is 0 Å². The van der Waals surface area contributed by atoms with Gasteiger partial charge in [-0.1, -0.05) is 24.6 Å². The van der Waals surface area contributed by atoms with Crippen LogP contribution in [0, 0.1) is 19.3 Å². The fourth-order valence-electron chi connectivity index (χ4n) is 1.71. The number of halogens is 1. The molecular weight excluding hydrogens is 218 g/mol. The minimum Gasteiger partial charge on any atom is -0.309 e. The third kappa shape index (κ3) is 3.89. The zero-order valence-electron chi connectivity index (χ0n) is 9.89. The second-order valence-corrected chi connectivity index (χ2v) is 4.41. The molecule has 0 bridgehead atoms. The monoisotopic (exact) mass is 235 g/mol. The maximum atomic E-state index is 6.05. The Kier molecular flexibility index (Phi) is 5.38. The molecule has 0 aliphatic rings. The molecule has 0 fully saturated rings. The van der Waals surface area contributed by atoms with Crippen molar-refractivity contribution in [3.05, 3.63) is 34.3 Å². The van der Waals surface area contributed by atoms with Crippen LogP contribution in [-0.4, -0.2) is 6.54 Å². The van der Waals surface area contributed by atoms with E-state index in [0.29, 0.717) is 6.42 Å². The number of nitrogens with one attached hydrogen (secondary N) is 1. The minimum atomic E-state index is 0.211. The zero-order valence-corrected chi connectivity index (χ0v) is 10.6. The summed E-state index contributed by atoms with van der Waals surface area (Å²) in [6, 6.07) is 6.29. The number of hydrogen-bond acceptors (Lipinski definition) is 1. The van der Waals surface area contributed by atoms with Crippen LogP contribution in [0.4, 0.5) is 0 Å². The van der Waals surface area contributed by atoms with Crippen molar-refractivity contribution in [1.29, 1.82) is 0 Å². The van der Waals surface area contributed by atoms with Gasteiger partial charge in [-0.15, -0.1) is 12.3 Å². The lowest BCUT2D eigenvalue weighted by molar-refractivity contribution is 0.542. The molecule has 0 aliphatic heterocycles. The van der Waals surface area contributed by atoms with Gasteiger partial charge in [-0.2, -0.15) is 0 Å². The summed E-state index contributed by atoms with van der Waals surface area (Å²) in [5.41, 5.74) is 2.35. The van der Waals surface area contributed by atoms with Crippen molar-refractivity contribution < 1.29 is 0 Å². The van der Waals surface area contributed by atoms with Crippen molar-refractivity contribution in [1.82, 2.24) is 5.32 Å². The van der Waals surface area contributed by atoms with E-state index in [2.05, 4.69) is 24.2 Å². The Morgan fingerprint density at radius 1 is 1.44 bits per heavy atom. The molecule has 1 unspecified atom stereocenters. The molecule has 0 spiro atoms. The van der Waals surface area contributed by atoms with Crippen molar-refractivity contribution in [3.8, 4) is 12.3 Å². The number of hydrogen-bond donors (Lipinski definition) is 1. The summed E-state index contributed by atoms with van der Waals surface area (Å²) in [4.78, 5) is 0. The van der Waals surface area contributed by atoms with Crippen LogP contribution in [0.15, 0.2) is 18.2 Å². The molecule has 0 saturated carbocycles. The van der Waals surface area contributed by atoms with E-state index in [9.17, 15) is 0 Å². The Hall–Kier alpha value is -0.970. The van der Waals surface area contributed by atoms with E-state index in [0.717, 1.165) is 18.0 Å². The SMILES string of the molecule is C#CCC(NCCC)c1cc(C)cc(Cl)c1. The quantitative estimate of drug-likeness (QED) is 0.768. The van der Waals surface area contributed by atoms with E-state index >= 15 is 0 Å². The molecule has 1 nitrogen and oxygen atoms in total. The molecule has 0 heterocycles. The van der Waals surface area contributed by atoms with Gasteiger partial charge in [0.25, 0.3) is 0 Å². The van der Waals surface area contributed by atoms with Gasteiger partial charge < -0.3 is 5.32 Å². The Morgan fingerprint density at radius 2 is 2.19 bits per heavy atom. The van der Waals surface area contributed by atoms with Gasteiger partial charge in [0, 0.05) is 17.5 Å². The molecule has 0 radical (unpaired) electrons. The topological polar surface area (TPSA) is 12.0 Å². The first-order chi connectivity index (χ1) is 7.67. The highest BCUT2D eigenvalue weighted by Gasteiger charge is 2.10. The Balaban J connectivity index is 2.87. The second-order valence-electron chi connectivity index (χ2n) is 3.98. The summed E-state index contributed by atoms with van der Waals surface area (Å²) in [7, 11) is 0. The van der Waals surface area contributed by atoms with E-state index in [1.54, 1.807) is 0 Å². The highest BCUT2D eigenvalue weighted by molar-refractivity contribution is 6.30. The summed E-state index contributed by atoms with van der Waals surface area (Å²) >= 11 is 6.05. The largest absolute Gasteiger partial charge is 0.309 e. The van der Waals surface area contributed by atoms with E-state index in [4.69, 9.17) is 18.0 Å². The van der Waals surface area contributed by atoms with Crippen LogP contribution in [0.1, 0.15) is 36.9 Å². The molecule has 0 amide bonds. The average Bonchev–Trinajstić information content (AvgIpc) is 2.22.